The number of anilines is 2. The third-order valence-corrected chi connectivity index (χ3v) is 7.40. The number of carbonyl (C=O) groups excluding carboxylic acids is 1. The quantitative estimate of drug-likeness (QED) is 0.158. The van der Waals surface area contributed by atoms with Crippen LogP contribution in [0.5, 0.6) is 5.75 Å². The third-order valence-electron chi connectivity index (χ3n) is 6.84. The van der Waals surface area contributed by atoms with Gasteiger partial charge in [-0.25, -0.2) is 9.48 Å². The standard InChI is InChI=1S/C34H41BrN4O2/c1-6-22-37(28-17-19-30(20-18-28)41-25-27-11-8-7-9-12-27)33(40)38(23-10-21-35)32-24-31(34(3,4)5)36-39(32)29-15-13-26(2)14-16-29/h7-9,11-20,24H,6,10,21-23,25H2,1-5H3. The zero-order valence-electron chi connectivity index (χ0n) is 24.8. The van der Waals surface area contributed by atoms with Crippen molar-refractivity contribution in [3.8, 4) is 11.4 Å². The van der Waals surface area contributed by atoms with Crippen LogP contribution >= 0.6 is 15.9 Å². The van der Waals surface area contributed by atoms with Crippen LogP contribution in [0.4, 0.5) is 16.3 Å². The van der Waals surface area contributed by atoms with Gasteiger partial charge in [0.2, 0.25) is 0 Å². The highest BCUT2D eigenvalue weighted by molar-refractivity contribution is 9.09. The van der Waals surface area contributed by atoms with Gasteiger partial charge in [0.05, 0.1) is 11.4 Å². The van der Waals surface area contributed by atoms with Crippen LogP contribution in [0.3, 0.4) is 0 Å². The van der Waals surface area contributed by atoms with Gasteiger partial charge in [0, 0.05) is 35.6 Å². The minimum absolute atomic E-state index is 0.0699. The summed E-state index contributed by atoms with van der Waals surface area (Å²) in [6.07, 6.45) is 1.64. The van der Waals surface area contributed by atoms with Crippen LogP contribution in [0, 0.1) is 6.92 Å². The normalized spacial score (nSPS) is 11.4. The maximum absolute atomic E-state index is 14.4. The Labute approximate surface area is 253 Å². The largest absolute Gasteiger partial charge is 0.489 e. The summed E-state index contributed by atoms with van der Waals surface area (Å²) < 4.78 is 7.91. The van der Waals surface area contributed by atoms with Crippen molar-refractivity contribution in [2.24, 2.45) is 0 Å². The molecule has 1 heterocycles. The molecular weight excluding hydrogens is 576 g/mol. The van der Waals surface area contributed by atoms with Crippen molar-refractivity contribution in [2.45, 2.75) is 59.5 Å². The fraction of sp³-hybridized carbons (Fsp3) is 0.353. The maximum Gasteiger partial charge on any atom is 0.330 e. The van der Waals surface area contributed by atoms with Gasteiger partial charge in [0.15, 0.2) is 0 Å². The van der Waals surface area contributed by atoms with E-state index in [1.165, 1.54) is 5.56 Å². The maximum atomic E-state index is 14.4. The Morgan fingerprint density at radius 2 is 1.61 bits per heavy atom. The van der Waals surface area contributed by atoms with E-state index in [4.69, 9.17) is 9.84 Å². The fourth-order valence-corrected chi connectivity index (χ4v) is 4.75. The number of amides is 2. The van der Waals surface area contributed by atoms with Crippen molar-refractivity contribution < 1.29 is 9.53 Å². The molecule has 4 rings (SSSR count). The van der Waals surface area contributed by atoms with Crippen LogP contribution in [-0.2, 0) is 12.0 Å². The van der Waals surface area contributed by atoms with Crippen LogP contribution in [0.25, 0.3) is 5.69 Å². The molecule has 0 bridgehead atoms. The van der Waals surface area contributed by atoms with Crippen molar-refractivity contribution in [1.29, 1.82) is 0 Å². The molecule has 0 spiro atoms. The SMILES string of the molecule is CCCN(C(=O)N(CCCBr)c1cc(C(C)(C)C)nn1-c1ccc(C)cc1)c1ccc(OCc2ccccc2)cc1. The van der Waals surface area contributed by atoms with E-state index >= 15 is 0 Å². The second-order valence-electron chi connectivity index (χ2n) is 11.3. The molecule has 216 valence electrons. The van der Waals surface area contributed by atoms with Crippen LogP contribution in [-0.4, -0.2) is 34.2 Å². The number of carbonyl (C=O) groups is 1. The van der Waals surface area contributed by atoms with E-state index in [1.54, 1.807) is 0 Å². The first kappa shape index (κ1) is 30.4. The van der Waals surface area contributed by atoms with Crippen LogP contribution < -0.4 is 14.5 Å². The van der Waals surface area contributed by atoms with Gasteiger partial charge in [-0.1, -0.05) is 91.7 Å². The summed E-state index contributed by atoms with van der Waals surface area (Å²) in [6, 6.07) is 28.2. The van der Waals surface area contributed by atoms with Crippen molar-refractivity contribution in [1.82, 2.24) is 9.78 Å². The summed E-state index contributed by atoms with van der Waals surface area (Å²) in [4.78, 5) is 18.1. The fourth-order valence-electron chi connectivity index (χ4n) is 4.50. The number of benzene rings is 3. The molecule has 0 N–H and O–H groups in total. The number of hydrogen-bond donors (Lipinski definition) is 0. The first-order chi connectivity index (χ1) is 19.7. The van der Waals surface area contributed by atoms with E-state index in [9.17, 15) is 4.79 Å². The molecule has 2 amide bonds. The summed E-state index contributed by atoms with van der Waals surface area (Å²) in [5.41, 5.74) is 4.82. The summed E-state index contributed by atoms with van der Waals surface area (Å²) in [7, 11) is 0. The number of hydrogen-bond acceptors (Lipinski definition) is 3. The lowest BCUT2D eigenvalue weighted by Crippen LogP contribution is -2.45. The molecule has 0 aliphatic carbocycles. The molecule has 0 aliphatic heterocycles. The van der Waals surface area contributed by atoms with Gasteiger partial charge in [-0.3, -0.25) is 9.80 Å². The minimum Gasteiger partial charge on any atom is -0.489 e. The lowest BCUT2D eigenvalue weighted by Gasteiger charge is -2.31. The summed E-state index contributed by atoms with van der Waals surface area (Å²) >= 11 is 3.57. The number of aromatic nitrogens is 2. The van der Waals surface area contributed by atoms with Gasteiger partial charge in [0.1, 0.15) is 18.2 Å². The number of aryl methyl sites for hydroxylation is 1. The molecule has 1 aromatic heterocycles. The molecule has 0 unspecified atom stereocenters. The number of halogens is 1. The molecule has 3 aromatic carbocycles. The molecule has 41 heavy (non-hydrogen) atoms. The monoisotopic (exact) mass is 616 g/mol. The highest BCUT2D eigenvalue weighted by Gasteiger charge is 2.29. The number of rotatable bonds is 11. The van der Waals surface area contributed by atoms with Gasteiger partial charge in [-0.05, 0) is 61.7 Å². The molecule has 0 saturated heterocycles. The smallest absolute Gasteiger partial charge is 0.330 e. The zero-order valence-corrected chi connectivity index (χ0v) is 26.4. The van der Waals surface area contributed by atoms with Crippen molar-refractivity contribution in [3.63, 3.8) is 0 Å². The second-order valence-corrected chi connectivity index (χ2v) is 12.1. The van der Waals surface area contributed by atoms with Crippen LogP contribution in [0.2, 0.25) is 0 Å². The van der Waals surface area contributed by atoms with Gasteiger partial charge in [0.25, 0.3) is 0 Å². The first-order valence-electron chi connectivity index (χ1n) is 14.3. The molecular formula is C34H41BrN4O2. The zero-order chi connectivity index (χ0) is 29.4. The summed E-state index contributed by atoms with van der Waals surface area (Å²) in [5, 5.41) is 5.80. The van der Waals surface area contributed by atoms with Crippen molar-refractivity contribution in [3.05, 3.63) is 102 Å². The van der Waals surface area contributed by atoms with E-state index in [1.807, 2.05) is 69.1 Å². The number of urea groups is 1. The Morgan fingerprint density at radius 3 is 2.22 bits per heavy atom. The molecule has 7 heteroatoms. The Balaban J connectivity index is 1.67. The highest BCUT2D eigenvalue weighted by atomic mass is 79.9. The molecule has 0 atom stereocenters. The van der Waals surface area contributed by atoms with E-state index in [-0.39, 0.29) is 11.4 Å². The first-order valence-corrected chi connectivity index (χ1v) is 15.4. The van der Waals surface area contributed by atoms with Crippen LogP contribution in [0.1, 0.15) is 57.4 Å². The van der Waals surface area contributed by atoms with Gasteiger partial charge in [-0.15, -0.1) is 0 Å². The van der Waals surface area contributed by atoms with E-state index < -0.39 is 0 Å². The Morgan fingerprint density at radius 1 is 0.927 bits per heavy atom. The number of nitrogens with zero attached hydrogens (tertiary/aromatic N) is 4. The van der Waals surface area contributed by atoms with E-state index in [0.29, 0.717) is 19.7 Å². The van der Waals surface area contributed by atoms with Crippen molar-refractivity contribution >= 4 is 33.5 Å². The predicted octanol–water partition coefficient (Wildman–Crippen LogP) is 8.69. The van der Waals surface area contributed by atoms with Crippen molar-refractivity contribution in [2.75, 3.05) is 28.2 Å². The molecule has 4 aromatic rings. The molecule has 0 fully saturated rings. The average Bonchev–Trinajstić information content (AvgIpc) is 3.42. The number of ether oxygens (including phenoxy) is 1. The molecule has 6 nitrogen and oxygen atoms in total. The summed E-state index contributed by atoms with van der Waals surface area (Å²) in [5.74, 6) is 1.54. The summed E-state index contributed by atoms with van der Waals surface area (Å²) in [6.45, 7) is 12.3. The van der Waals surface area contributed by atoms with Crippen LogP contribution in [0.15, 0.2) is 84.9 Å². The lowest BCUT2D eigenvalue weighted by atomic mass is 9.92. The van der Waals surface area contributed by atoms with Gasteiger partial charge >= 0.3 is 6.03 Å². The molecule has 0 saturated carbocycles. The minimum atomic E-state index is -0.173. The Bertz CT molecular complexity index is 1390. The lowest BCUT2D eigenvalue weighted by molar-refractivity contribution is 0.251. The average molecular weight is 618 g/mol. The Kier molecular flexibility index (Phi) is 10.3. The van der Waals surface area contributed by atoms with E-state index in [0.717, 1.165) is 52.4 Å². The van der Waals surface area contributed by atoms with E-state index in [2.05, 4.69) is 80.9 Å². The topological polar surface area (TPSA) is 50.6 Å². The Hall–Kier alpha value is -3.58. The third kappa shape index (κ3) is 7.79. The van der Waals surface area contributed by atoms with Gasteiger partial charge in [-0.2, -0.15) is 5.10 Å². The second kappa shape index (κ2) is 13.9. The predicted molar refractivity (Wildman–Crippen MR) is 173 cm³/mol. The number of alkyl halides is 1. The molecule has 0 aliphatic rings. The van der Waals surface area contributed by atoms with Gasteiger partial charge < -0.3 is 4.74 Å². The molecule has 0 radical (unpaired) electrons. The highest BCUT2D eigenvalue weighted by Crippen LogP contribution is 2.31.